The van der Waals surface area contributed by atoms with Gasteiger partial charge in [-0.15, -0.1) is 0 Å². The topological polar surface area (TPSA) is 3.24 Å². The van der Waals surface area contributed by atoms with E-state index in [-0.39, 0.29) is 5.41 Å². The highest BCUT2D eigenvalue weighted by atomic mass is 15.1. The lowest BCUT2D eigenvalue weighted by atomic mass is 9.82. The number of rotatable bonds is 5. The third kappa shape index (κ3) is 4.94. The summed E-state index contributed by atoms with van der Waals surface area (Å²) >= 11 is 0. The van der Waals surface area contributed by atoms with Crippen LogP contribution in [0.3, 0.4) is 0 Å². The van der Waals surface area contributed by atoms with E-state index in [2.05, 4.69) is 219 Å². The van der Waals surface area contributed by atoms with E-state index in [1.165, 1.54) is 87.6 Å². The van der Waals surface area contributed by atoms with E-state index in [4.69, 9.17) is 0 Å². The number of nitrogens with zero attached hydrogens (tertiary/aromatic N) is 1. The highest BCUT2D eigenvalue weighted by Crippen LogP contribution is 2.52. The summed E-state index contributed by atoms with van der Waals surface area (Å²) in [6, 6.07) is 74.0. The first kappa shape index (κ1) is 32.5. The molecular formula is C55H39N. The molecule has 0 saturated heterocycles. The van der Waals surface area contributed by atoms with Crippen molar-refractivity contribution in [2.45, 2.75) is 19.3 Å². The third-order valence-electron chi connectivity index (χ3n) is 12.2. The molecule has 10 aromatic carbocycles. The molecule has 0 aromatic heterocycles. The van der Waals surface area contributed by atoms with Crippen LogP contribution in [-0.4, -0.2) is 0 Å². The van der Waals surface area contributed by atoms with Crippen molar-refractivity contribution in [2.24, 2.45) is 0 Å². The van der Waals surface area contributed by atoms with E-state index in [1.54, 1.807) is 0 Å². The van der Waals surface area contributed by atoms with E-state index >= 15 is 0 Å². The summed E-state index contributed by atoms with van der Waals surface area (Å²) in [5.74, 6) is 0. The Balaban J connectivity index is 1.19. The smallest absolute Gasteiger partial charge is 0.0540 e. The fourth-order valence-electron chi connectivity index (χ4n) is 9.51. The van der Waals surface area contributed by atoms with Gasteiger partial charge in [0.25, 0.3) is 0 Å². The minimum atomic E-state index is -0.0680. The van der Waals surface area contributed by atoms with Gasteiger partial charge in [-0.1, -0.05) is 178 Å². The SMILES string of the molecule is CC1(C)c2ccccc2-c2cc(N(c3ccc(-c4ccccc4)cc3)c3ccccc3-c3cc4ccc5ccccc5c4c4c3ccc3ccccc34)ccc21. The molecule has 0 unspecified atom stereocenters. The summed E-state index contributed by atoms with van der Waals surface area (Å²) < 4.78 is 0. The molecule has 0 N–H and O–H groups in total. The zero-order valence-electron chi connectivity index (χ0n) is 31.5. The van der Waals surface area contributed by atoms with Crippen LogP contribution in [0.2, 0.25) is 0 Å². The number of hydrogen-bond donors (Lipinski definition) is 0. The zero-order valence-corrected chi connectivity index (χ0v) is 31.5. The van der Waals surface area contributed by atoms with Crippen molar-refractivity contribution >= 4 is 60.2 Å². The van der Waals surface area contributed by atoms with Gasteiger partial charge in [0.15, 0.2) is 0 Å². The van der Waals surface area contributed by atoms with Gasteiger partial charge in [-0.05, 0) is 118 Å². The van der Waals surface area contributed by atoms with Crippen molar-refractivity contribution in [3.05, 3.63) is 211 Å². The molecule has 10 aromatic rings. The summed E-state index contributed by atoms with van der Waals surface area (Å²) in [7, 11) is 0. The fraction of sp³-hybridized carbons (Fsp3) is 0.0545. The van der Waals surface area contributed by atoms with Crippen LogP contribution in [0.15, 0.2) is 200 Å². The molecule has 56 heavy (non-hydrogen) atoms. The second-order valence-electron chi connectivity index (χ2n) is 15.7. The molecule has 1 nitrogen and oxygen atoms in total. The van der Waals surface area contributed by atoms with Crippen LogP contribution in [0.25, 0.3) is 76.5 Å². The number of hydrogen-bond acceptors (Lipinski definition) is 1. The lowest BCUT2D eigenvalue weighted by molar-refractivity contribution is 0.660. The van der Waals surface area contributed by atoms with Crippen molar-refractivity contribution in [1.29, 1.82) is 0 Å². The van der Waals surface area contributed by atoms with Gasteiger partial charge in [0.05, 0.1) is 5.69 Å². The third-order valence-corrected chi connectivity index (χ3v) is 12.2. The molecule has 264 valence electrons. The van der Waals surface area contributed by atoms with Crippen LogP contribution in [0.5, 0.6) is 0 Å². The first-order valence-corrected chi connectivity index (χ1v) is 19.6. The molecule has 0 aliphatic heterocycles. The van der Waals surface area contributed by atoms with Gasteiger partial charge in [0, 0.05) is 22.4 Å². The van der Waals surface area contributed by atoms with Crippen LogP contribution in [0, 0.1) is 0 Å². The lowest BCUT2D eigenvalue weighted by Gasteiger charge is -2.29. The molecule has 0 heterocycles. The van der Waals surface area contributed by atoms with Crippen molar-refractivity contribution in [2.75, 3.05) is 4.90 Å². The molecule has 0 spiro atoms. The Morgan fingerprint density at radius 2 is 0.911 bits per heavy atom. The van der Waals surface area contributed by atoms with Gasteiger partial charge in [-0.2, -0.15) is 0 Å². The van der Waals surface area contributed by atoms with E-state index in [0.29, 0.717) is 0 Å². The minimum absolute atomic E-state index is 0.0680. The second-order valence-corrected chi connectivity index (χ2v) is 15.7. The molecule has 0 amide bonds. The Bertz CT molecular complexity index is 3150. The number of anilines is 3. The molecule has 1 aliphatic carbocycles. The Labute approximate surface area is 327 Å². The Kier molecular flexibility index (Phi) is 7.28. The quantitative estimate of drug-likeness (QED) is 0.161. The van der Waals surface area contributed by atoms with Gasteiger partial charge >= 0.3 is 0 Å². The van der Waals surface area contributed by atoms with Crippen LogP contribution in [-0.2, 0) is 5.41 Å². The Morgan fingerprint density at radius 1 is 0.339 bits per heavy atom. The highest BCUT2D eigenvalue weighted by Gasteiger charge is 2.35. The van der Waals surface area contributed by atoms with Gasteiger partial charge in [0.2, 0.25) is 0 Å². The van der Waals surface area contributed by atoms with Gasteiger partial charge in [-0.3, -0.25) is 0 Å². The van der Waals surface area contributed by atoms with Gasteiger partial charge in [0.1, 0.15) is 0 Å². The minimum Gasteiger partial charge on any atom is -0.310 e. The summed E-state index contributed by atoms with van der Waals surface area (Å²) in [6.07, 6.45) is 0. The first-order valence-electron chi connectivity index (χ1n) is 19.6. The predicted molar refractivity (Wildman–Crippen MR) is 240 cm³/mol. The van der Waals surface area contributed by atoms with Gasteiger partial charge in [-0.25, -0.2) is 0 Å². The van der Waals surface area contributed by atoms with Crippen molar-refractivity contribution in [3.63, 3.8) is 0 Å². The molecule has 0 radical (unpaired) electrons. The van der Waals surface area contributed by atoms with Crippen molar-refractivity contribution < 1.29 is 0 Å². The zero-order chi connectivity index (χ0) is 37.4. The van der Waals surface area contributed by atoms with Crippen LogP contribution >= 0.6 is 0 Å². The summed E-state index contributed by atoms with van der Waals surface area (Å²) in [6.45, 7) is 4.70. The maximum Gasteiger partial charge on any atom is 0.0540 e. The number of benzene rings is 10. The lowest BCUT2D eigenvalue weighted by Crippen LogP contribution is -2.15. The fourth-order valence-corrected chi connectivity index (χ4v) is 9.51. The monoisotopic (exact) mass is 713 g/mol. The van der Waals surface area contributed by atoms with Crippen molar-refractivity contribution in [1.82, 2.24) is 0 Å². The largest absolute Gasteiger partial charge is 0.310 e. The van der Waals surface area contributed by atoms with Gasteiger partial charge < -0.3 is 4.90 Å². The van der Waals surface area contributed by atoms with E-state index in [0.717, 1.165) is 17.1 Å². The molecule has 11 rings (SSSR count). The molecule has 0 atom stereocenters. The normalized spacial score (nSPS) is 13.0. The van der Waals surface area contributed by atoms with Crippen LogP contribution in [0.1, 0.15) is 25.0 Å². The maximum atomic E-state index is 2.47. The molecule has 1 aliphatic rings. The molecular weight excluding hydrogens is 675 g/mol. The number of fused-ring (bicyclic) bond motifs is 10. The Hall–Kier alpha value is -6.96. The van der Waals surface area contributed by atoms with E-state index in [1.807, 2.05) is 0 Å². The molecule has 0 fully saturated rings. The second kappa shape index (κ2) is 12.5. The molecule has 0 saturated carbocycles. The molecule has 0 bridgehead atoms. The highest BCUT2D eigenvalue weighted by molar-refractivity contribution is 6.30. The average molecular weight is 714 g/mol. The summed E-state index contributed by atoms with van der Waals surface area (Å²) in [4.78, 5) is 2.47. The predicted octanol–water partition coefficient (Wildman–Crippen LogP) is 15.4. The molecule has 1 heteroatoms. The summed E-state index contributed by atoms with van der Waals surface area (Å²) in [5, 5.41) is 10.2. The maximum absolute atomic E-state index is 2.47. The van der Waals surface area contributed by atoms with Crippen LogP contribution in [0.4, 0.5) is 17.1 Å². The first-order chi connectivity index (χ1) is 27.5. The standard InChI is InChI=1S/C55H39N/c1-55(2)50-22-12-10-20-45(50)49-35-42(31-33-51(49)55)56(41-29-26-37(27-30-41)36-14-4-3-5-15-36)52-23-13-11-21-46(52)48-34-40-25-24-38-16-6-8-18-43(38)53(40)54-44-19-9-7-17-39(44)28-32-47(48)54/h3-35H,1-2H3. The number of para-hydroxylation sites is 1. The summed E-state index contributed by atoms with van der Waals surface area (Å²) in [5.41, 5.74) is 13.5. The van der Waals surface area contributed by atoms with E-state index < -0.39 is 0 Å². The Morgan fingerprint density at radius 3 is 1.70 bits per heavy atom. The van der Waals surface area contributed by atoms with E-state index in [9.17, 15) is 0 Å². The van der Waals surface area contributed by atoms with Crippen molar-refractivity contribution in [3.8, 4) is 33.4 Å². The van der Waals surface area contributed by atoms with Crippen LogP contribution < -0.4 is 4.90 Å². The average Bonchev–Trinajstić information content (AvgIpc) is 3.49.